The maximum atomic E-state index is 12.0. The van der Waals surface area contributed by atoms with Crippen LogP contribution in [0, 0.1) is 5.41 Å². The van der Waals surface area contributed by atoms with E-state index in [2.05, 4.69) is 12.2 Å². The summed E-state index contributed by atoms with van der Waals surface area (Å²) in [5.41, 5.74) is 5.58. The molecule has 1 aliphatic carbocycles. The molecule has 0 spiro atoms. The topological polar surface area (TPSA) is 72.2 Å². The van der Waals surface area contributed by atoms with E-state index in [0.29, 0.717) is 6.42 Å². The molecule has 1 rings (SSSR count). The molecule has 0 aromatic carbocycles. The third kappa shape index (κ3) is 11.1. The molecule has 2 amide bonds. The van der Waals surface area contributed by atoms with Crippen LogP contribution < -0.4 is 11.1 Å². The van der Waals surface area contributed by atoms with Crippen LogP contribution in [0.5, 0.6) is 0 Å². The summed E-state index contributed by atoms with van der Waals surface area (Å²) in [7, 11) is 0. The summed E-state index contributed by atoms with van der Waals surface area (Å²) < 4.78 is 0. The van der Waals surface area contributed by atoms with Gasteiger partial charge in [-0.05, 0) is 32.1 Å². The Morgan fingerprint density at radius 2 is 1.36 bits per heavy atom. The molecule has 1 aliphatic rings. The minimum atomic E-state index is -0.197. The first-order valence-electron chi connectivity index (χ1n) is 12.2. The normalized spacial score (nSPS) is 16.5. The molecular weight excluding hydrogens is 348 g/mol. The molecular formula is C24H46N2O2. The predicted molar refractivity (Wildman–Crippen MR) is 118 cm³/mol. The molecule has 0 atom stereocenters. The van der Waals surface area contributed by atoms with Crippen molar-refractivity contribution in [1.82, 2.24) is 5.32 Å². The molecule has 0 bridgehead atoms. The molecule has 1 saturated carbocycles. The Bertz CT molecular complexity index is 415. The first-order valence-corrected chi connectivity index (χ1v) is 12.2. The van der Waals surface area contributed by atoms with Gasteiger partial charge in [-0.3, -0.25) is 9.59 Å². The van der Waals surface area contributed by atoms with Crippen LogP contribution in [0.1, 0.15) is 129 Å². The number of amides is 2. The quantitative estimate of drug-likeness (QED) is 0.248. The summed E-state index contributed by atoms with van der Waals surface area (Å²) in [6.07, 6.45) is 21.7. The number of rotatable bonds is 16. The summed E-state index contributed by atoms with van der Waals surface area (Å²) in [6, 6.07) is 0. The van der Waals surface area contributed by atoms with Crippen LogP contribution in [-0.2, 0) is 9.59 Å². The molecule has 3 N–H and O–H groups in total. The summed E-state index contributed by atoms with van der Waals surface area (Å²) >= 11 is 0. The van der Waals surface area contributed by atoms with Crippen LogP contribution in [0.2, 0.25) is 0 Å². The first kappa shape index (κ1) is 25.0. The van der Waals surface area contributed by atoms with E-state index in [4.69, 9.17) is 5.73 Å². The predicted octanol–water partition coefficient (Wildman–Crippen LogP) is 6.02. The van der Waals surface area contributed by atoms with Crippen LogP contribution in [-0.4, -0.2) is 18.4 Å². The molecule has 0 heterocycles. The monoisotopic (exact) mass is 394 g/mol. The smallest absolute Gasteiger partial charge is 0.223 e. The van der Waals surface area contributed by atoms with E-state index < -0.39 is 0 Å². The highest BCUT2D eigenvalue weighted by atomic mass is 16.2. The Hall–Kier alpha value is -1.06. The lowest BCUT2D eigenvalue weighted by atomic mass is 9.75. The zero-order chi connectivity index (χ0) is 20.5. The highest BCUT2D eigenvalue weighted by Crippen LogP contribution is 2.39. The number of carbonyl (C=O) groups excluding carboxylic acids is 2. The van der Waals surface area contributed by atoms with E-state index in [1.807, 2.05) is 0 Å². The Kier molecular flexibility index (Phi) is 14.1. The lowest BCUT2D eigenvalue weighted by Gasteiger charge is -2.29. The second kappa shape index (κ2) is 15.8. The van der Waals surface area contributed by atoms with Gasteiger partial charge in [0.1, 0.15) is 0 Å². The number of carbonyl (C=O) groups is 2. The van der Waals surface area contributed by atoms with Gasteiger partial charge in [-0.25, -0.2) is 0 Å². The summed E-state index contributed by atoms with van der Waals surface area (Å²) in [5.74, 6) is 0.169. The Morgan fingerprint density at radius 1 is 0.786 bits per heavy atom. The van der Waals surface area contributed by atoms with Crippen molar-refractivity contribution in [2.24, 2.45) is 11.1 Å². The van der Waals surface area contributed by atoms with Crippen molar-refractivity contribution in [3.8, 4) is 0 Å². The van der Waals surface area contributed by atoms with Gasteiger partial charge in [0, 0.05) is 18.4 Å². The van der Waals surface area contributed by atoms with Gasteiger partial charge in [0.05, 0.1) is 0 Å². The van der Waals surface area contributed by atoms with Crippen molar-refractivity contribution in [3.05, 3.63) is 0 Å². The molecule has 0 aromatic rings. The van der Waals surface area contributed by atoms with Crippen LogP contribution in [0.15, 0.2) is 0 Å². The van der Waals surface area contributed by atoms with E-state index in [1.54, 1.807) is 0 Å². The number of hydrogen-bond acceptors (Lipinski definition) is 2. The maximum Gasteiger partial charge on any atom is 0.223 e. The minimum absolute atomic E-state index is 0.0492. The lowest BCUT2D eigenvalue weighted by Crippen LogP contribution is -2.36. The molecule has 28 heavy (non-hydrogen) atoms. The lowest BCUT2D eigenvalue weighted by molar-refractivity contribution is -0.129. The van der Waals surface area contributed by atoms with E-state index >= 15 is 0 Å². The number of hydrogen-bond donors (Lipinski definition) is 2. The average molecular weight is 395 g/mol. The van der Waals surface area contributed by atoms with Gasteiger partial charge < -0.3 is 11.1 Å². The number of nitrogens with one attached hydrogen (secondary N) is 1. The largest absolute Gasteiger partial charge is 0.369 e. The SMILES string of the molecule is CCCCCC(=O)NCCCCCCCCCCC1(C(N)=O)CCCCCC1. The highest BCUT2D eigenvalue weighted by molar-refractivity contribution is 5.80. The fourth-order valence-electron chi connectivity index (χ4n) is 4.53. The minimum Gasteiger partial charge on any atom is -0.369 e. The van der Waals surface area contributed by atoms with Crippen LogP contribution in [0.3, 0.4) is 0 Å². The van der Waals surface area contributed by atoms with E-state index in [0.717, 1.165) is 51.5 Å². The fourth-order valence-corrected chi connectivity index (χ4v) is 4.53. The van der Waals surface area contributed by atoms with Crippen LogP contribution >= 0.6 is 0 Å². The van der Waals surface area contributed by atoms with Gasteiger partial charge in [-0.15, -0.1) is 0 Å². The summed E-state index contributed by atoms with van der Waals surface area (Å²) in [4.78, 5) is 23.6. The second-order valence-corrected chi connectivity index (χ2v) is 8.94. The van der Waals surface area contributed by atoms with E-state index in [-0.39, 0.29) is 17.2 Å². The van der Waals surface area contributed by atoms with Crippen molar-refractivity contribution in [2.75, 3.05) is 6.54 Å². The van der Waals surface area contributed by atoms with Gasteiger partial charge in [-0.1, -0.05) is 90.4 Å². The van der Waals surface area contributed by atoms with Gasteiger partial charge in [0.25, 0.3) is 0 Å². The zero-order valence-corrected chi connectivity index (χ0v) is 18.5. The molecule has 0 saturated heterocycles. The van der Waals surface area contributed by atoms with Crippen LogP contribution in [0.4, 0.5) is 0 Å². The summed E-state index contributed by atoms with van der Waals surface area (Å²) in [6.45, 7) is 2.99. The third-order valence-corrected chi connectivity index (χ3v) is 6.50. The molecule has 1 fully saturated rings. The molecule has 0 aromatic heterocycles. The molecule has 0 aliphatic heterocycles. The van der Waals surface area contributed by atoms with E-state index in [1.165, 1.54) is 70.6 Å². The zero-order valence-electron chi connectivity index (χ0n) is 18.5. The Morgan fingerprint density at radius 3 is 1.93 bits per heavy atom. The Labute approximate surface area is 173 Å². The second-order valence-electron chi connectivity index (χ2n) is 8.94. The van der Waals surface area contributed by atoms with Crippen molar-refractivity contribution in [2.45, 2.75) is 129 Å². The fraction of sp³-hybridized carbons (Fsp3) is 0.917. The van der Waals surface area contributed by atoms with E-state index in [9.17, 15) is 9.59 Å². The molecule has 0 unspecified atom stereocenters. The third-order valence-electron chi connectivity index (χ3n) is 6.50. The molecule has 4 heteroatoms. The molecule has 164 valence electrons. The van der Waals surface area contributed by atoms with Crippen molar-refractivity contribution in [1.29, 1.82) is 0 Å². The van der Waals surface area contributed by atoms with Gasteiger partial charge in [-0.2, -0.15) is 0 Å². The summed E-state index contributed by atoms with van der Waals surface area (Å²) in [5, 5.41) is 3.03. The first-order chi connectivity index (χ1) is 13.6. The van der Waals surface area contributed by atoms with Gasteiger partial charge in [0.2, 0.25) is 11.8 Å². The van der Waals surface area contributed by atoms with Crippen LogP contribution in [0.25, 0.3) is 0 Å². The molecule has 0 radical (unpaired) electrons. The molecule has 4 nitrogen and oxygen atoms in total. The van der Waals surface area contributed by atoms with Crippen molar-refractivity contribution in [3.63, 3.8) is 0 Å². The number of nitrogens with two attached hydrogens (primary N) is 1. The van der Waals surface area contributed by atoms with Crippen molar-refractivity contribution >= 4 is 11.8 Å². The number of unbranched alkanes of at least 4 members (excludes halogenated alkanes) is 9. The highest BCUT2D eigenvalue weighted by Gasteiger charge is 2.35. The van der Waals surface area contributed by atoms with Crippen molar-refractivity contribution < 1.29 is 9.59 Å². The van der Waals surface area contributed by atoms with Gasteiger partial charge in [0.15, 0.2) is 0 Å². The Balaban J connectivity index is 1.94. The standard InChI is InChI=1S/C24H46N2O2/c1-2-3-12-17-22(27)26-21-16-11-7-5-4-6-8-13-18-24(23(25)28)19-14-9-10-15-20-24/h2-21H2,1H3,(H2,25,28)(H,26,27). The number of primary amides is 1. The maximum absolute atomic E-state index is 12.0. The average Bonchev–Trinajstić information content (AvgIpc) is 2.93. The van der Waals surface area contributed by atoms with Gasteiger partial charge >= 0.3 is 0 Å².